The second-order valence-corrected chi connectivity index (χ2v) is 9.00. The highest BCUT2D eigenvalue weighted by Crippen LogP contribution is 2.36. The van der Waals surface area contributed by atoms with Gasteiger partial charge in [0.1, 0.15) is 17.5 Å². The van der Waals surface area contributed by atoms with Crippen LogP contribution in [0.3, 0.4) is 0 Å². The molecule has 0 N–H and O–H groups in total. The van der Waals surface area contributed by atoms with E-state index in [9.17, 15) is 9.59 Å². The number of carbonyl (C=O) groups is 1. The van der Waals surface area contributed by atoms with E-state index in [1.807, 2.05) is 18.2 Å². The Morgan fingerprint density at radius 2 is 1.65 bits per heavy atom. The maximum Gasteiger partial charge on any atom is 0.338 e. The van der Waals surface area contributed by atoms with E-state index in [1.165, 1.54) is 37.2 Å². The SMILES string of the molecule is CCOC(=O)C1=C(C)N=c2s/c(=C\c3cc(OC)c(OC)cc3OC)c(=O)n2[C@H]1c1ccccc1OC. The van der Waals surface area contributed by atoms with Gasteiger partial charge in [-0.2, -0.15) is 0 Å². The molecule has 0 unspecified atom stereocenters. The number of ether oxygens (including phenoxy) is 5. The third-order valence-corrected chi connectivity index (χ3v) is 6.96. The van der Waals surface area contributed by atoms with E-state index in [-0.39, 0.29) is 17.7 Å². The zero-order valence-corrected chi connectivity index (χ0v) is 22.3. The molecule has 0 fully saturated rings. The number of esters is 1. The van der Waals surface area contributed by atoms with Gasteiger partial charge in [0.25, 0.3) is 5.56 Å². The number of allylic oxidation sites excluding steroid dienone is 1. The fourth-order valence-corrected chi connectivity index (χ4v) is 5.32. The molecule has 0 bridgehead atoms. The molecule has 4 rings (SSSR count). The number of rotatable bonds is 8. The quantitative estimate of drug-likeness (QED) is 0.418. The van der Waals surface area contributed by atoms with Crippen molar-refractivity contribution >= 4 is 23.4 Å². The lowest BCUT2D eigenvalue weighted by Gasteiger charge is -2.25. The molecule has 0 amide bonds. The largest absolute Gasteiger partial charge is 0.496 e. The fourth-order valence-electron chi connectivity index (χ4n) is 4.28. The van der Waals surface area contributed by atoms with Crippen LogP contribution in [0, 0.1) is 0 Å². The summed E-state index contributed by atoms with van der Waals surface area (Å²) >= 11 is 1.22. The zero-order valence-electron chi connectivity index (χ0n) is 21.5. The van der Waals surface area contributed by atoms with Crippen LogP contribution in [0.1, 0.15) is 31.0 Å². The molecule has 10 heteroatoms. The Bertz CT molecular complexity index is 1550. The lowest BCUT2D eigenvalue weighted by Crippen LogP contribution is -2.40. The summed E-state index contributed by atoms with van der Waals surface area (Å²) in [6.07, 6.45) is 1.72. The van der Waals surface area contributed by atoms with Crippen LogP contribution >= 0.6 is 11.3 Å². The number of fused-ring (bicyclic) bond motifs is 1. The molecule has 0 radical (unpaired) electrons. The van der Waals surface area contributed by atoms with Crippen molar-refractivity contribution in [3.8, 4) is 23.0 Å². The molecule has 0 saturated heterocycles. The molecule has 0 aliphatic carbocycles. The molecule has 37 heavy (non-hydrogen) atoms. The predicted octanol–water partition coefficient (Wildman–Crippen LogP) is 2.83. The normalized spacial score (nSPS) is 15.1. The maximum absolute atomic E-state index is 13.9. The lowest BCUT2D eigenvalue weighted by atomic mass is 9.95. The van der Waals surface area contributed by atoms with Crippen LogP contribution in [0.15, 0.2) is 57.5 Å². The van der Waals surface area contributed by atoms with Crippen molar-refractivity contribution in [2.45, 2.75) is 19.9 Å². The molecule has 1 aliphatic heterocycles. The third kappa shape index (κ3) is 4.72. The number of benzene rings is 2. The van der Waals surface area contributed by atoms with Gasteiger partial charge < -0.3 is 23.7 Å². The van der Waals surface area contributed by atoms with E-state index < -0.39 is 12.0 Å². The molecular formula is C27H28N2O7S. The fraction of sp³-hybridized carbons (Fsp3) is 0.296. The van der Waals surface area contributed by atoms with Crippen LogP contribution < -0.4 is 33.8 Å². The molecule has 1 aliphatic rings. The average molecular weight is 525 g/mol. The number of nitrogens with zero attached hydrogens (tertiary/aromatic N) is 2. The topological polar surface area (TPSA) is 97.6 Å². The Labute approximate surface area is 217 Å². The van der Waals surface area contributed by atoms with Crippen LogP contribution in [0.5, 0.6) is 23.0 Å². The van der Waals surface area contributed by atoms with Gasteiger partial charge in [0, 0.05) is 17.2 Å². The van der Waals surface area contributed by atoms with Crippen LogP contribution in [-0.4, -0.2) is 45.6 Å². The second-order valence-electron chi connectivity index (χ2n) is 7.99. The number of aromatic nitrogens is 1. The summed E-state index contributed by atoms with van der Waals surface area (Å²) in [6, 6.07) is 9.94. The number of hydrogen-bond donors (Lipinski definition) is 0. The highest BCUT2D eigenvalue weighted by molar-refractivity contribution is 7.07. The second kappa shape index (κ2) is 10.9. The number of para-hydroxylation sites is 1. The van der Waals surface area contributed by atoms with Crippen LogP contribution in [0.4, 0.5) is 0 Å². The standard InChI is InChI=1S/C27H28N2O7S/c1-7-36-26(31)23-15(2)28-27-29(24(23)17-10-8-9-11-18(17)32-3)25(30)22(37-27)13-16-12-20(34-5)21(35-6)14-19(16)33-4/h8-14,24H,7H2,1-6H3/b22-13-/t24-/m0/s1. The minimum absolute atomic E-state index is 0.192. The van der Waals surface area contributed by atoms with E-state index in [0.717, 1.165) is 0 Å². The van der Waals surface area contributed by atoms with Gasteiger partial charge in [0.2, 0.25) is 0 Å². The van der Waals surface area contributed by atoms with E-state index >= 15 is 0 Å². The summed E-state index contributed by atoms with van der Waals surface area (Å²) in [5.41, 5.74) is 1.73. The maximum atomic E-state index is 13.9. The number of hydrogen-bond acceptors (Lipinski definition) is 9. The summed E-state index contributed by atoms with van der Waals surface area (Å²) in [6.45, 7) is 3.67. The van der Waals surface area contributed by atoms with Gasteiger partial charge in [-0.3, -0.25) is 9.36 Å². The predicted molar refractivity (Wildman–Crippen MR) is 139 cm³/mol. The summed E-state index contributed by atoms with van der Waals surface area (Å²) < 4.78 is 29.2. The van der Waals surface area contributed by atoms with Crippen LogP contribution in [0.25, 0.3) is 6.08 Å². The van der Waals surface area contributed by atoms with Crippen molar-refractivity contribution in [2.75, 3.05) is 35.0 Å². The lowest BCUT2D eigenvalue weighted by molar-refractivity contribution is -0.139. The monoisotopic (exact) mass is 524 g/mol. The molecule has 9 nitrogen and oxygen atoms in total. The van der Waals surface area contributed by atoms with E-state index in [1.54, 1.807) is 45.2 Å². The number of carbonyl (C=O) groups excluding carboxylic acids is 1. The van der Waals surface area contributed by atoms with Gasteiger partial charge in [0.05, 0.1) is 50.8 Å². The van der Waals surface area contributed by atoms with Gasteiger partial charge in [-0.25, -0.2) is 9.79 Å². The molecule has 0 saturated carbocycles. The molecule has 2 heterocycles. The van der Waals surface area contributed by atoms with Crippen molar-refractivity contribution in [3.05, 3.63) is 78.5 Å². The Hall–Kier alpha value is -4.05. The number of methoxy groups -OCH3 is 4. The van der Waals surface area contributed by atoms with Crippen molar-refractivity contribution in [1.82, 2.24) is 4.57 Å². The first-order valence-corrected chi connectivity index (χ1v) is 12.3. The van der Waals surface area contributed by atoms with Gasteiger partial charge in [0.15, 0.2) is 16.3 Å². The van der Waals surface area contributed by atoms with Crippen molar-refractivity contribution in [3.63, 3.8) is 0 Å². The minimum atomic E-state index is -0.777. The molecular weight excluding hydrogens is 496 g/mol. The van der Waals surface area contributed by atoms with Crippen LogP contribution in [0.2, 0.25) is 0 Å². The summed E-state index contributed by atoms with van der Waals surface area (Å²) in [5, 5.41) is 0. The first-order chi connectivity index (χ1) is 17.9. The molecule has 1 aromatic heterocycles. The first-order valence-electron chi connectivity index (χ1n) is 11.5. The van der Waals surface area contributed by atoms with Gasteiger partial charge in [-0.1, -0.05) is 29.5 Å². The summed E-state index contributed by atoms with van der Waals surface area (Å²) in [5.74, 6) is 1.52. The Kier molecular flexibility index (Phi) is 7.68. The highest BCUT2D eigenvalue weighted by atomic mass is 32.1. The Morgan fingerprint density at radius 3 is 2.30 bits per heavy atom. The third-order valence-electron chi connectivity index (χ3n) is 5.97. The van der Waals surface area contributed by atoms with Crippen LogP contribution in [-0.2, 0) is 9.53 Å². The van der Waals surface area contributed by atoms with Crippen molar-refractivity contribution in [1.29, 1.82) is 0 Å². The van der Waals surface area contributed by atoms with Gasteiger partial charge in [-0.15, -0.1) is 0 Å². The molecule has 2 aromatic carbocycles. The van der Waals surface area contributed by atoms with E-state index in [4.69, 9.17) is 23.7 Å². The van der Waals surface area contributed by atoms with E-state index in [2.05, 4.69) is 4.99 Å². The Morgan fingerprint density at radius 1 is 1.00 bits per heavy atom. The van der Waals surface area contributed by atoms with E-state index in [0.29, 0.717) is 49.2 Å². The summed E-state index contributed by atoms with van der Waals surface area (Å²) in [7, 11) is 6.16. The molecule has 0 spiro atoms. The minimum Gasteiger partial charge on any atom is -0.496 e. The Balaban J connectivity index is 2.00. The van der Waals surface area contributed by atoms with Crippen molar-refractivity contribution in [2.24, 2.45) is 4.99 Å². The van der Waals surface area contributed by atoms with Crippen molar-refractivity contribution < 1.29 is 28.5 Å². The molecule has 194 valence electrons. The van der Waals surface area contributed by atoms with Gasteiger partial charge in [-0.05, 0) is 32.1 Å². The first kappa shape index (κ1) is 26.0. The highest BCUT2D eigenvalue weighted by Gasteiger charge is 2.35. The smallest absolute Gasteiger partial charge is 0.338 e. The molecule has 1 atom stereocenters. The van der Waals surface area contributed by atoms with Gasteiger partial charge >= 0.3 is 5.97 Å². The molecule has 3 aromatic rings. The summed E-state index contributed by atoms with van der Waals surface area (Å²) in [4.78, 5) is 32.0. The number of thiazole rings is 1. The zero-order chi connectivity index (χ0) is 26.7. The average Bonchev–Trinajstić information content (AvgIpc) is 3.21.